The van der Waals surface area contributed by atoms with E-state index in [1.54, 1.807) is 0 Å². The number of imidazole rings is 1. The van der Waals surface area contributed by atoms with E-state index in [0.717, 1.165) is 31.0 Å². The maximum absolute atomic E-state index is 4.63. The lowest BCUT2D eigenvalue weighted by atomic mass is 9.99. The van der Waals surface area contributed by atoms with E-state index in [1.807, 2.05) is 38.8 Å². The van der Waals surface area contributed by atoms with E-state index in [1.165, 1.54) is 12.8 Å². The Kier molecular flexibility index (Phi) is 4.15. The monoisotopic (exact) mass is 286 g/mol. The van der Waals surface area contributed by atoms with Gasteiger partial charge >= 0.3 is 0 Å². The highest BCUT2D eigenvalue weighted by Crippen LogP contribution is 2.31. The van der Waals surface area contributed by atoms with Gasteiger partial charge in [-0.15, -0.1) is 0 Å². The van der Waals surface area contributed by atoms with Gasteiger partial charge in [0.2, 0.25) is 5.95 Å². The first-order valence-electron chi connectivity index (χ1n) is 7.49. The van der Waals surface area contributed by atoms with E-state index in [0.29, 0.717) is 12.0 Å². The third kappa shape index (κ3) is 3.05. The SMILES string of the molecule is CNc1nccc([C@H]2CCCCN2Cc2nccn2C)n1. The number of piperidine rings is 1. The lowest BCUT2D eigenvalue weighted by Gasteiger charge is -2.35. The van der Waals surface area contributed by atoms with Gasteiger partial charge in [0, 0.05) is 32.7 Å². The van der Waals surface area contributed by atoms with Gasteiger partial charge in [-0.1, -0.05) is 6.42 Å². The van der Waals surface area contributed by atoms with Crippen molar-refractivity contribution in [2.75, 3.05) is 18.9 Å². The van der Waals surface area contributed by atoms with Crippen LogP contribution in [0.15, 0.2) is 24.7 Å². The average Bonchev–Trinajstić information content (AvgIpc) is 2.93. The maximum Gasteiger partial charge on any atom is 0.222 e. The molecule has 0 saturated carbocycles. The summed E-state index contributed by atoms with van der Waals surface area (Å²) in [5.41, 5.74) is 1.10. The highest BCUT2D eigenvalue weighted by Gasteiger charge is 2.26. The van der Waals surface area contributed by atoms with Crippen molar-refractivity contribution in [3.05, 3.63) is 36.2 Å². The molecule has 3 rings (SSSR count). The van der Waals surface area contributed by atoms with Gasteiger partial charge in [0.25, 0.3) is 0 Å². The minimum absolute atomic E-state index is 0.352. The molecule has 2 aromatic heterocycles. The lowest BCUT2D eigenvalue weighted by Crippen LogP contribution is -2.34. The minimum atomic E-state index is 0.352. The fourth-order valence-electron chi connectivity index (χ4n) is 2.92. The second-order valence-electron chi connectivity index (χ2n) is 5.49. The van der Waals surface area contributed by atoms with E-state index in [4.69, 9.17) is 0 Å². The Labute approximate surface area is 125 Å². The maximum atomic E-state index is 4.63. The molecule has 1 aliphatic heterocycles. The highest BCUT2D eigenvalue weighted by atomic mass is 15.2. The van der Waals surface area contributed by atoms with E-state index in [2.05, 4.69) is 29.7 Å². The first kappa shape index (κ1) is 14.0. The number of hydrogen-bond acceptors (Lipinski definition) is 5. The van der Waals surface area contributed by atoms with E-state index >= 15 is 0 Å². The first-order valence-corrected chi connectivity index (χ1v) is 7.49. The molecular formula is C15H22N6. The summed E-state index contributed by atoms with van der Waals surface area (Å²) < 4.78 is 2.09. The van der Waals surface area contributed by atoms with Crippen molar-refractivity contribution in [2.45, 2.75) is 31.8 Å². The van der Waals surface area contributed by atoms with Crippen LogP contribution in [0.5, 0.6) is 0 Å². The zero-order chi connectivity index (χ0) is 14.7. The summed E-state index contributed by atoms with van der Waals surface area (Å²) in [5.74, 6) is 1.79. The number of anilines is 1. The second kappa shape index (κ2) is 6.22. The molecule has 0 spiro atoms. The number of rotatable bonds is 4. The zero-order valence-electron chi connectivity index (χ0n) is 12.7. The number of likely N-dealkylation sites (tertiary alicyclic amines) is 1. The van der Waals surface area contributed by atoms with E-state index in [9.17, 15) is 0 Å². The van der Waals surface area contributed by atoms with Crippen molar-refractivity contribution in [3.63, 3.8) is 0 Å². The van der Waals surface area contributed by atoms with Crippen LogP contribution >= 0.6 is 0 Å². The highest BCUT2D eigenvalue weighted by molar-refractivity contribution is 5.25. The Morgan fingerprint density at radius 2 is 2.19 bits per heavy atom. The Morgan fingerprint density at radius 1 is 1.29 bits per heavy atom. The summed E-state index contributed by atoms with van der Waals surface area (Å²) in [5, 5.41) is 3.02. The molecule has 0 unspecified atom stereocenters. The quantitative estimate of drug-likeness (QED) is 0.931. The predicted octanol–water partition coefficient (Wildman–Crippen LogP) is 1.98. The first-order chi connectivity index (χ1) is 10.3. The summed E-state index contributed by atoms with van der Waals surface area (Å²) in [6, 6.07) is 2.38. The second-order valence-corrected chi connectivity index (χ2v) is 5.49. The molecule has 2 aromatic rings. The topological polar surface area (TPSA) is 58.9 Å². The van der Waals surface area contributed by atoms with Crippen LogP contribution in [-0.4, -0.2) is 38.0 Å². The molecule has 1 N–H and O–H groups in total. The smallest absolute Gasteiger partial charge is 0.222 e. The van der Waals surface area contributed by atoms with Gasteiger partial charge in [0.05, 0.1) is 18.3 Å². The van der Waals surface area contributed by atoms with Crippen molar-refractivity contribution < 1.29 is 0 Å². The number of hydrogen-bond donors (Lipinski definition) is 1. The molecule has 6 heteroatoms. The van der Waals surface area contributed by atoms with Gasteiger partial charge in [-0.05, 0) is 25.5 Å². The Balaban J connectivity index is 1.82. The molecule has 1 aliphatic rings. The van der Waals surface area contributed by atoms with Crippen LogP contribution in [0.25, 0.3) is 0 Å². The summed E-state index contributed by atoms with van der Waals surface area (Å²) >= 11 is 0. The molecule has 1 atom stereocenters. The predicted molar refractivity (Wildman–Crippen MR) is 81.8 cm³/mol. The number of aromatic nitrogens is 4. The Bertz CT molecular complexity index is 593. The van der Waals surface area contributed by atoms with Crippen LogP contribution in [0, 0.1) is 0 Å². The van der Waals surface area contributed by atoms with Gasteiger partial charge in [0.1, 0.15) is 5.82 Å². The van der Waals surface area contributed by atoms with Crippen LogP contribution < -0.4 is 5.32 Å². The fourth-order valence-corrected chi connectivity index (χ4v) is 2.92. The summed E-state index contributed by atoms with van der Waals surface area (Å²) in [6.45, 7) is 1.96. The van der Waals surface area contributed by atoms with Gasteiger partial charge in [-0.3, -0.25) is 4.90 Å². The lowest BCUT2D eigenvalue weighted by molar-refractivity contribution is 0.132. The largest absolute Gasteiger partial charge is 0.357 e. The van der Waals surface area contributed by atoms with Crippen molar-refractivity contribution in [1.82, 2.24) is 24.4 Å². The number of nitrogens with one attached hydrogen (secondary N) is 1. The third-order valence-corrected chi connectivity index (χ3v) is 4.12. The van der Waals surface area contributed by atoms with Crippen molar-refractivity contribution >= 4 is 5.95 Å². The van der Waals surface area contributed by atoms with Gasteiger partial charge < -0.3 is 9.88 Å². The van der Waals surface area contributed by atoms with Gasteiger partial charge in [0.15, 0.2) is 0 Å². The van der Waals surface area contributed by atoms with E-state index < -0.39 is 0 Å². The molecule has 1 saturated heterocycles. The molecule has 1 fully saturated rings. The molecular weight excluding hydrogens is 264 g/mol. The summed E-state index contributed by atoms with van der Waals surface area (Å²) in [4.78, 5) is 15.8. The molecule has 0 aromatic carbocycles. The summed E-state index contributed by atoms with van der Waals surface area (Å²) in [6.07, 6.45) is 9.33. The van der Waals surface area contributed by atoms with Crippen molar-refractivity contribution in [3.8, 4) is 0 Å². The Morgan fingerprint density at radius 3 is 2.95 bits per heavy atom. The fraction of sp³-hybridized carbons (Fsp3) is 0.533. The van der Waals surface area contributed by atoms with Crippen molar-refractivity contribution in [1.29, 1.82) is 0 Å². The van der Waals surface area contributed by atoms with Gasteiger partial charge in [-0.2, -0.15) is 0 Å². The molecule has 0 bridgehead atoms. The molecule has 3 heterocycles. The molecule has 0 aliphatic carbocycles. The summed E-state index contributed by atoms with van der Waals surface area (Å²) in [7, 11) is 3.90. The average molecular weight is 286 g/mol. The van der Waals surface area contributed by atoms with E-state index in [-0.39, 0.29) is 0 Å². The molecule has 112 valence electrons. The van der Waals surface area contributed by atoms with Crippen LogP contribution in [0.4, 0.5) is 5.95 Å². The standard InChI is InChI=1S/C15H22N6/c1-16-15-18-7-6-12(19-15)13-5-3-4-9-21(13)11-14-17-8-10-20(14)2/h6-8,10,13H,3-5,9,11H2,1-2H3,(H,16,18,19)/t13-/m1/s1. The molecule has 0 radical (unpaired) electrons. The third-order valence-electron chi connectivity index (χ3n) is 4.12. The molecule has 6 nitrogen and oxygen atoms in total. The Hall–Kier alpha value is -1.95. The van der Waals surface area contributed by atoms with Crippen LogP contribution in [-0.2, 0) is 13.6 Å². The van der Waals surface area contributed by atoms with Gasteiger partial charge in [-0.25, -0.2) is 15.0 Å². The molecule has 0 amide bonds. The van der Waals surface area contributed by atoms with Crippen LogP contribution in [0.1, 0.15) is 36.8 Å². The minimum Gasteiger partial charge on any atom is -0.357 e. The molecule has 21 heavy (non-hydrogen) atoms. The number of nitrogens with zero attached hydrogens (tertiary/aromatic N) is 5. The van der Waals surface area contributed by atoms with Crippen molar-refractivity contribution in [2.24, 2.45) is 7.05 Å². The number of aryl methyl sites for hydroxylation is 1. The zero-order valence-corrected chi connectivity index (χ0v) is 12.7. The van der Waals surface area contributed by atoms with Crippen LogP contribution in [0.3, 0.4) is 0 Å². The van der Waals surface area contributed by atoms with Crippen LogP contribution in [0.2, 0.25) is 0 Å². The normalized spacial score (nSPS) is 19.6.